The lowest BCUT2D eigenvalue weighted by molar-refractivity contribution is -0.118. The molecule has 1 atom stereocenters. The summed E-state index contributed by atoms with van der Waals surface area (Å²) >= 11 is 1.59. The topological polar surface area (TPSA) is 96.7 Å². The molecule has 9 heteroatoms. The molecule has 0 saturated carbocycles. The Morgan fingerprint density at radius 3 is 2.65 bits per heavy atom. The molecule has 8 nitrogen and oxygen atoms in total. The van der Waals surface area contributed by atoms with E-state index in [0.29, 0.717) is 25.3 Å². The largest absolute Gasteiger partial charge is 0.459 e. The highest BCUT2D eigenvalue weighted by atomic mass is 32.1. The van der Waals surface area contributed by atoms with Crippen molar-refractivity contribution in [2.75, 3.05) is 36.5 Å². The van der Waals surface area contributed by atoms with Crippen LogP contribution in [0.5, 0.6) is 0 Å². The van der Waals surface area contributed by atoms with Crippen molar-refractivity contribution in [2.45, 2.75) is 12.5 Å². The van der Waals surface area contributed by atoms with Gasteiger partial charge in [-0.05, 0) is 35.9 Å². The molecule has 0 aliphatic carbocycles. The second kappa shape index (κ2) is 10.1. The van der Waals surface area contributed by atoms with E-state index < -0.39 is 11.9 Å². The third-order valence-electron chi connectivity index (χ3n) is 5.58. The number of carbonyl (C=O) groups excluding carboxylic acids is 2. The standard InChI is InChI=1S/C25H24N4O4S/c30-23(20(15-17-5-2-1-3-6-17)27-24(31)21-7-4-12-33-21)26-18-8-9-19-22(16-18)34-25(28-19)29-10-13-32-14-11-29/h1-9,12,16,20H,10-11,13-15H2,(H,26,30)(H,27,31)/t20-/m1/s1. The van der Waals surface area contributed by atoms with Crippen LogP contribution in [0.25, 0.3) is 10.2 Å². The van der Waals surface area contributed by atoms with Crippen molar-refractivity contribution in [1.29, 1.82) is 0 Å². The fourth-order valence-electron chi connectivity index (χ4n) is 3.81. The molecule has 4 aromatic rings. The minimum Gasteiger partial charge on any atom is -0.459 e. The quantitative estimate of drug-likeness (QED) is 0.422. The summed E-state index contributed by atoms with van der Waals surface area (Å²) in [6, 6.07) is 17.7. The maximum Gasteiger partial charge on any atom is 0.287 e. The summed E-state index contributed by atoms with van der Waals surface area (Å²) < 4.78 is 11.6. The van der Waals surface area contributed by atoms with Gasteiger partial charge in [-0.15, -0.1) is 0 Å². The number of amides is 2. The Bertz CT molecular complexity index is 1270. The van der Waals surface area contributed by atoms with E-state index in [1.807, 2.05) is 48.5 Å². The fourth-order valence-corrected chi connectivity index (χ4v) is 4.86. The number of fused-ring (bicyclic) bond motifs is 1. The summed E-state index contributed by atoms with van der Waals surface area (Å²) in [6.45, 7) is 3.04. The third-order valence-corrected chi connectivity index (χ3v) is 6.65. The van der Waals surface area contributed by atoms with Gasteiger partial charge in [-0.25, -0.2) is 4.98 Å². The zero-order valence-electron chi connectivity index (χ0n) is 18.4. The number of carbonyl (C=O) groups is 2. The molecule has 0 bridgehead atoms. The Morgan fingerprint density at radius 1 is 1.06 bits per heavy atom. The number of benzene rings is 2. The molecule has 34 heavy (non-hydrogen) atoms. The Labute approximate surface area is 200 Å². The molecule has 2 aromatic heterocycles. The number of hydrogen-bond acceptors (Lipinski definition) is 7. The highest BCUT2D eigenvalue weighted by Crippen LogP contribution is 2.31. The first-order valence-corrected chi connectivity index (χ1v) is 11.9. The molecule has 1 saturated heterocycles. The van der Waals surface area contributed by atoms with Gasteiger partial charge in [-0.2, -0.15) is 0 Å². The average molecular weight is 477 g/mol. The summed E-state index contributed by atoms with van der Waals surface area (Å²) in [7, 11) is 0. The van der Waals surface area contributed by atoms with Crippen LogP contribution in [-0.4, -0.2) is 49.1 Å². The fraction of sp³-hybridized carbons (Fsp3) is 0.240. The molecular formula is C25H24N4O4S. The minimum atomic E-state index is -0.777. The summed E-state index contributed by atoms with van der Waals surface area (Å²) in [6.07, 6.45) is 1.78. The maximum absolute atomic E-state index is 13.2. The van der Waals surface area contributed by atoms with E-state index >= 15 is 0 Å². The van der Waals surface area contributed by atoms with Gasteiger partial charge in [0.2, 0.25) is 5.91 Å². The van der Waals surface area contributed by atoms with E-state index in [-0.39, 0.29) is 11.7 Å². The average Bonchev–Trinajstić information content (AvgIpc) is 3.55. The number of hydrogen-bond donors (Lipinski definition) is 2. The van der Waals surface area contributed by atoms with E-state index in [4.69, 9.17) is 14.1 Å². The van der Waals surface area contributed by atoms with Gasteiger partial charge in [0, 0.05) is 25.2 Å². The van der Waals surface area contributed by atoms with Crippen molar-refractivity contribution in [2.24, 2.45) is 0 Å². The van der Waals surface area contributed by atoms with Crippen molar-refractivity contribution < 1.29 is 18.7 Å². The summed E-state index contributed by atoms with van der Waals surface area (Å²) in [5.74, 6) is -0.581. The van der Waals surface area contributed by atoms with Crippen molar-refractivity contribution >= 4 is 44.2 Å². The van der Waals surface area contributed by atoms with Gasteiger partial charge in [0.15, 0.2) is 10.9 Å². The van der Waals surface area contributed by atoms with E-state index in [2.05, 4.69) is 15.5 Å². The van der Waals surface area contributed by atoms with Gasteiger partial charge < -0.3 is 24.7 Å². The van der Waals surface area contributed by atoms with Crippen LogP contribution >= 0.6 is 11.3 Å². The number of nitrogens with zero attached hydrogens (tertiary/aromatic N) is 2. The number of morpholine rings is 1. The van der Waals surface area contributed by atoms with E-state index in [0.717, 1.165) is 34.0 Å². The molecule has 174 valence electrons. The van der Waals surface area contributed by atoms with Crippen LogP contribution in [0.4, 0.5) is 10.8 Å². The van der Waals surface area contributed by atoms with Crippen LogP contribution in [0.1, 0.15) is 16.1 Å². The molecule has 2 N–H and O–H groups in total. The molecule has 1 fully saturated rings. The Hall–Kier alpha value is -3.69. The number of aromatic nitrogens is 1. The highest BCUT2D eigenvalue weighted by Gasteiger charge is 2.24. The number of thiazole rings is 1. The van der Waals surface area contributed by atoms with Gasteiger partial charge in [0.05, 0.1) is 29.7 Å². The second-order valence-corrected chi connectivity index (χ2v) is 8.97. The molecular weight excluding hydrogens is 452 g/mol. The Morgan fingerprint density at radius 2 is 1.88 bits per heavy atom. The molecule has 5 rings (SSSR count). The molecule has 2 aromatic carbocycles. The molecule has 0 spiro atoms. The number of nitrogens with one attached hydrogen (secondary N) is 2. The first-order chi connectivity index (χ1) is 16.7. The lowest BCUT2D eigenvalue weighted by Gasteiger charge is -2.25. The predicted molar refractivity (Wildman–Crippen MR) is 131 cm³/mol. The lowest BCUT2D eigenvalue weighted by Crippen LogP contribution is -2.45. The zero-order valence-corrected chi connectivity index (χ0v) is 19.2. The SMILES string of the molecule is O=C(N[C@H](Cc1ccccc1)C(=O)Nc1ccc2nc(N3CCOCC3)sc2c1)c1ccco1. The normalized spacial score (nSPS) is 14.6. The smallest absolute Gasteiger partial charge is 0.287 e. The van der Waals surface area contributed by atoms with Crippen molar-refractivity contribution in [3.8, 4) is 0 Å². The van der Waals surface area contributed by atoms with Crippen molar-refractivity contribution in [3.63, 3.8) is 0 Å². The minimum absolute atomic E-state index is 0.160. The van der Waals surface area contributed by atoms with E-state index in [1.54, 1.807) is 23.5 Å². The molecule has 0 unspecified atom stereocenters. The van der Waals surface area contributed by atoms with Crippen LogP contribution in [-0.2, 0) is 16.0 Å². The maximum atomic E-state index is 13.2. The van der Waals surface area contributed by atoms with Crippen LogP contribution < -0.4 is 15.5 Å². The first-order valence-electron chi connectivity index (χ1n) is 11.1. The Kier molecular flexibility index (Phi) is 6.55. The molecule has 2 amide bonds. The van der Waals surface area contributed by atoms with Crippen LogP contribution in [0.3, 0.4) is 0 Å². The predicted octanol–water partition coefficient (Wildman–Crippen LogP) is 3.71. The lowest BCUT2D eigenvalue weighted by atomic mass is 10.0. The first kappa shape index (κ1) is 22.1. The zero-order chi connectivity index (χ0) is 23.3. The van der Waals surface area contributed by atoms with Gasteiger partial charge in [-0.3, -0.25) is 9.59 Å². The number of ether oxygens (including phenoxy) is 1. The summed E-state index contributed by atoms with van der Waals surface area (Å²) in [4.78, 5) is 32.7. The van der Waals surface area contributed by atoms with Gasteiger partial charge >= 0.3 is 0 Å². The molecule has 1 aliphatic heterocycles. The Balaban J connectivity index is 1.33. The second-order valence-electron chi connectivity index (χ2n) is 7.96. The van der Waals surface area contributed by atoms with Crippen LogP contribution in [0, 0.1) is 0 Å². The molecule has 0 radical (unpaired) electrons. The monoisotopic (exact) mass is 476 g/mol. The van der Waals surface area contributed by atoms with E-state index in [9.17, 15) is 9.59 Å². The molecule has 3 heterocycles. The highest BCUT2D eigenvalue weighted by molar-refractivity contribution is 7.22. The summed E-state index contributed by atoms with van der Waals surface area (Å²) in [5.41, 5.74) is 2.48. The molecule has 1 aliphatic rings. The van der Waals surface area contributed by atoms with Crippen LogP contribution in [0.2, 0.25) is 0 Å². The van der Waals surface area contributed by atoms with Gasteiger partial charge in [-0.1, -0.05) is 41.7 Å². The van der Waals surface area contributed by atoms with Crippen LogP contribution in [0.15, 0.2) is 71.3 Å². The number of rotatable bonds is 7. The summed E-state index contributed by atoms with van der Waals surface area (Å²) in [5, 5.41) is 6.71. The number of furan rings is 1. The van der Waals surface area contributed by atoms with Crippen molar-refractivity contribution in [1.82, 2.24) is 10.3 Å². The van der Waals surface area contributed by atoms with E-state index in [1.165, 1.54) is 6.26 Å². The third kappa shape index (κ3) is 5.11. The van der Waals surface area contributed by atoms with Gasteiger partial charge in [0.25, 0.3) is 5.91 Å². The number of anilines is 2. The van der Waals surface area contributed by atoms with Gasteiger partial charge in [0.1, 0.15) is 6.04 Å². The van der Waals surface area contributed by atoms with Crippen molar-refractivity contribution in [3.05, 3.63) is 78.3 Å².